The zero-order valence-electron chi connectivity index (χ0n) is 28.1. The molecule has 0 aliphatic carbocycles. The van der Waals surface area contributed by atoms with E-state index in [4.69, 9.17) is 9.57 Å². The zero-order chi connectivity index (χ0) is 36.8. The molecule has 1 heterocycles. The topological polar surface area (TPSA) is 55.8 Å². The van der Waals surface area contributed by atoms with Crippen molar-refractivity contribution in [3.63, 3.8) is 0 Å². The molecule has 0 radical (unpaired) electrons. The number of rotatable bonds is 2. The van der Waals surface area contributed by atoms with Gasteiger partial charge in [-0.15, -0.1) is 5.06 Å². The molecule has 0 atom stereocenters. The SMILES string of the molecule is CC#CC#CC#CC#CC#CC#CC#CC#CC(=O)OC1CC(C)(C)N(OC(=O)C#CC#CC#CC#CC#CC#CC#CC#CC)C(C)(C)C1.[HH].[HH].[HH].[HH].[HH].[HH].[HH].[HH].[HH].[HH].[HH].[HH].[HH].[HH].[HH].[HH].[HH].[HH].[HH].[HH].[HH].[HH].[HH].[HH].[HH].[HH].[HH].[HH].[HH].[HH].[HH].[HH]. The molecule has 0 N–H and O–H groups in total. The van der Waals surface area contributed by atoms with Crippen LogP contribution in [0.25, 0.3) is 0 Å². The van der Waals surface area contributed by atoms with E-state index in [-0.39, 0.29) is 45.7 Å². The van der Waals surface area contributed by atoms with Crippen molar-refractivity contribution in [2.24, 2.45) is 0 Å². The Morgan fingerprint density at radius 2 is 0.720 bits per heavy atom. The molecular weight excluding hydrogens is 618 g/mol. The van der Waals surface area contributed by atoms with Crippen LogP contribution in [0.5, 0.6) is 0 Å². The lowest BCUT2D eigenvalue weighted by atomic mass is 9.80. The highest BCUT2D eigenvalue weighted by Gasteiger charge is 2.49. The third-order valence-corrected chi connectivity index (χ3v) is 5.21. The number of carbonyl (C=O) groups is 2. The molecule has 0 amide bonds. The number of piperidine rings is 1. The molecule has 1 fully saturated rings. The van der Waals surface area contributed by atoms with Gasteiger partial charge in [-0.1, -0.05) is 11.8 Å². The first-order chi connectivity index (χ1) is 24.1. The summed E-state index contributed by atoms with van der Waals surface area (Å²) in [5.74, 6) is 78.1. The number of hydrogen-bond acceptors (Lipinski definition) is 5. The molecule has 5 nitrogen and oxygen atoms in total. The van der Waals surface area contributed by atoms with Gasteiger partial charge in [0.15, 0.2) is 0 Å². The zero-order valence-corrected chi connectivity index (χ0v) is 28.1. The lowest BCUT2D eigenvalue weighted by Gasteiger charge is -2.51. The van der Waals surface area contributed by atoms with E-state index < -0.39 is 29.1 Å². The van der Waals surface area contributed by atoms with Crippen LogP contribution in [-0.2, 0) is 19.2 Å². The Morgan fingerprint density at radius 3 is 1.02 bits per heavy atom. The third kappa shape index (κ3) is 19.3. The molecule has 0 aromatic rings. The van der Waals surface area contributed by atoms with Crippen LogP contribution in [0.4, 0.5) is 0 Å². The van der Waals surface area contributed by atoms with Crippen molar-refractivity contribution in [3.05, 3.63) is 0 Å². The number of ether oxygens (including phenoxy) is 1. The predicted molar refractivity (Wildman–Crippen MR) is 259 cm³/mol. The lowest BCUT2D eigenvalue weighted by Crippen LogP contribution is -2.62. The molecule has 1 rings (SSSR count). The van der Waals surface area contributed by atoms with Gasteiger partial charge in [0, 0.05) is 70.3 Å². The highest BCUT2D eigenvalue weighted by molar-refractivity contribution is 5.89. The van der Waals surface area contributed by atoms with Crippen LogP contribution >= 0.6 is 0 Å². The van der Waals surface area contributed by atoms with Gasteiger partial charge in [-0.25, -0.2) is 9.59 Å². The molecule has 1 saturated heterocycles. The van der Waals surface area contributed by atoms with Gasteiger partial charge < -0.3 is 9.57 Å². The lowest BCUT2D eigenvalue weighted by molar-refractivity contribution is -0.272. The molecule has 0 saturated carbocycles. The first kappa shape index (κ1) is 39.9. The van der Waals surface area contributed by atoms with Crippen molar-refractivity contribution in [1.82, 2.24) is 5.06 Å². The summed E-state index contributed by atoms with van der Waals surface area (Å²) in [5.41, 5.74) is -1.41. The van der Waals surface area contributed by atoms with Gasteiger partial charge in [0.25, 0.3) is 0 Å². The van der Waals surface area contributed by atoms with E-state index in [9.17, 15) is 9.59 Å². The van der Waals surface area contributed by atoms with Crippen LogP contribution in [-0.4, -0.2) is 34.2 Å². The summed E-state index contributed by atoms with van der Waals surface area (Å²) in [7, 11) is 0. The molecule has 0 spiro atoms. The van der Waals surface area contributed by atoms with Crippen LogP contribution in [0.1, 0.15) is 100 Å². The summed E-state index contributed by atoms with van der Waals surface area (Å²) in [5, 5.41) is 1.55. The Labute approximate surface area is 344 Å². The van der Waals surface area contributed by atoms with E-state index in [1.165, 1.54) is 0 Å². The van der Waals surface area contributed by atoms with Crippen molar-refractivity contribution >= 4 is 11.9 Å². The number of hydroxylamine groups is 2. The Kier molecular flexibility index (Phi) is 19.3. The largest absolute Gasteiger partial charge is 0.453 e. The Bertz CT molecular complexity index is 2510. The summed E-state index contributed by atoms with van der Waals surface area (Å²) in [6.45, 7) is 10.8. The minimum atomic E-state index is -0.799. The summed E-state index contributed by atoms with van der Waals surface area (Å²) in [6.07, 6.45) is 0.247. The number of esters is 1. The average molecular weight is 706 g/mol. The molecular formula is C45H87NO4. The number of nitrogens with zero attached hydrogens (tertiary/aromatic N) is 1. The van der Waals surface area contributed by atoms with E-state index >= 15 is 0 Å². The fourth-order valence-electron chi connectivity index (χ4n) is 3.83. The van der Waals surface area contributed by atoms with E-state index in [1.54, 1.807) is 18.9 Å². The fraction of sp³-hybridized carbons (Fsp3) is 0.244. The molecule has 50 heavy (non-hydrogen) atoms. The third-order valence-electron chi connectivity index (χ3n) is 5.21. The fourth-order valence-corrected chi connectivity index (χ4v) is 3.83. The van der Waals surface area contributed by atoms with Crippen molar-refractivity contribution < 1.29 is 64.8 Å². The van der Waals surface area contributed by atoms with Crippen molar-refractivity contribution in [1.29, 1.82) is 0 Å². The van der Waals surface area contributed by atoms with Gasteiger partial charge >= 0.3 is 11.9 Å². The van der Waals surface area contributed by atoms with Gasteiger partial charge in [0.1, 0.15) is 6.10 Å². The van der Waals surface area contributed by atoms with Gasteiger partial charge in [-0.3, -0.25) is 0 Å². The van der Waals surface area contributed by atoms with Gasteiger partial charge in [0.05, 0.1) is 11.1 Å². The number of carbonyl (C=O) groups excluding carboxylic acids is 2. The Balaban J connectivity index is -0.0000000260. The summed E-state index contributed by atoms with van der Waals surface area (Å²) in [6, 6.07) is 0. The highest BCUT2D eigenvalue weighted by atomic mass is 16.7. The maximum atomic E-state index is 12.4. The van der Waals surface area contributed by atoms with Crippen molar-refractivity contribution in [2.45, 2.75) is 71.6 Å². The van der Waals surface area contributed by atoms with E-state index in [0.717, 1.165) is 0 Å². The normalized spacial score (nSPS) is 11.0. The van der Waals surface area contributed by atoms with Crippen LogP contribution < -0.4 is 0 Å². The van der Waals surface area contributed by atoms with Crippen molar-refractivity contribution in [3.8, 4) is 189 Å². The minimum absolute atomic E-state index is 0. The molecule has 0 aromatic carbocycles. The second kappa shape index (κ2) is 24.1. The molecule has 5 heteroatoms. The Hall–Kier alpha value is -8.14. The minimum Gasteiger partial charge on any atom is -0.453 e. The van der Waals surface area contributed by atoms with Crippen LogP contribution in [0.15, 0.2) is 0 Å². The summed E-state index contributed by atoms with van der Waals surface area (Å²) < 4.78 is 5.56. The second-order valence-corrected chi connectivity index (χ2v) is 9.98. The van der Waals surface area contributed by atoms with E-state index in [0.29, 0.717) is 12.8 Å². The van der Waals surface area contributed by atoms with Crippen LogP contribution in [0.3, 0.4) is 0 Å². The van der Waals surface area contributed by atoms with E-state index in [1.807, 2.05) is 27.7 Å². The first-order valence-electron chi connectivity index (χ1n) is 14.2. The molecule has 0 bridgehead atoms. The maximum Gasteiger partial charge on any atom is 0.404 e. The first-order valence-corrected chi connectivity index (χ1v) is 14.2. The van der Waals surface area contributed by atoms with Gasteiger partial charge in [0.2, 0.25) is 0 Å². The standard InChI is InChI=1S/C45H23NO4.32H2/c1-7-9-11-13-15-17-19-21-23-25-27-29-31-33-35-37-42(47)49-41-39-44(3,4)46(45(5,6)40-41)50-43(48)38-36-34-32-30-28-26-24-22-20-18-16-14-12-10-8-2;;;;;;;;;;;;;;;;;;;;;;;;;;;;;;;;/h41H,39-40H2,1-6H3;32*1H. The molecule has 0 aromatic heterocycles. The highest BCUT2D eigenvalue weighted by Crippen LogP contribution is 2.39. The monoisotopic (exact) mass is 706 g/mol. The predicted octanol–water partition coefficient (Wildman–Crippen LogP) is 9.98. The van der Waals surface area contributed by atoms with E-state index in [2.05, 4.69) is 189 Å². The Morgan fingerprint density at radius 1 is 0.460 bits per heavy atom. The number of hydrogen-bond donors (Lipinski definition) is 0. The van der Waals surface area contributed by atoms with Crippen LogP contribution in [0.2, 0.25) is 0 Å². The smallest absolute Gasteiger partial charge is 0.404 e. The maximum absolute atomic E-state index is 12.4. The molecule has 1 aliphatic heterocycles. The van der Waals surface area contributed by atoms with Gasteiger partial charge in [-0.2, -0.15) is 0 Å². The molecule has 296 valence electrons. The van der Waals surface area contributed by atoms with Crippen LogP contribution in [0, 0.1) is 189 Å². The molecule has 0 unspecified atom stereocenters. The summed E-state index contributed by atoms with van der Waals surface area (Å²) in [4.78, 5) is 30.3. The van der Waals surface area contributed by atoms with Gasteiger partial charge in [-0.05, 0) is 207 Å². The van der Waals surface area contributed by atoms with Crippen molar-refractivity contribution in [2.75, 3.05) is 0 Å². The second-order valence-electron chi connectivity index (χ2n) is 9.98. The quantitative estimate of drug-likeness (QED) is 0.163. The average Bonchev–Trinajstić information content (AvgIpc) is 3.06. The summed E-state index contributed by atoms with van der Waals surface area (Å²) >= 11 is 0. The molecule has 1 aliphatic rings.